The minimum Gasteiger partial charge on any atom is -0.493 e. The molecule has 0 bridgehead atoms. The van der Waals surface area contributed by atoms with Crippen molar-refractivity contribution in [2.75, 3.05) is 7.11 Å². The van der Waals surface area contributed by atoms with Gasteiger partial charge >= 0.3 is 6.18 Å². The van der Waals surface area contributed by atoms with Crippen molar-refractivity contribution in [3.05, 3.63) is 56.8 Å². The van der Waals surface area contributed by atoms with Crippen LogP contribution < -0.4 is 10.3 Å². The fraction of sp³-hybridized carbons (Fsp3) is 0.500. The summed E-state index contributed by atoms with van der Waals surface area (Å²) >= 11 is 0. The third-order valence-corrected chi connectivity index (χ3v) is 6.19. The molecule has 0 radical (unpaired) electrons. The molecule has 4 rings (SSSR count). The summed E-state index contributed by atoms with van der Waals surface area (Å²) in [4.78, 5) is 19.1. The maximum atomic E-state index is 14.4. The highest BCUT2D eigenvalue weighted by molar-refractivity contribution is 5.41. The number of H-pyrrole nitrogens is 1. The van der Waals surface area contributed by atoms with E-state index < -0.39 is 52.7 Å². The van der Waals surface area contributed by atoms with Crippen LogP contribution in [0.4, 0.5) is 22.0 Å². The Kier molecular flexibility index (Phi) is 5.08. The number of nitrogens with one attached hydrogen (secondary N) is 1. The van der Waals surface area contributed by atoms with Crippen LogP contribution in [0.2, 0.25) is 0 Å². The van der Waals surface area contributed by atoms with Crippen LogP contribution in [0.1, 0.15) is 48.5 Å². The Morgan fingerprint density at radius 1 is 1.26 bits per heavy atom. The number of nitrogens with zero attached hydrogens (tertiary/aromatic N) is 1. The van der Waals surface area contributed by atoms with Crippen LogP contribution in [0.5, 0.6) is 5.75 Å². The average molecular weight is 446 g/mol. The van der Waals surface area contributed by atoms with Crippen molar-refractivity contribution in [2.45, 2.75) is 50.9 Å². The molecule has 31 heavy (non-hydrogen) atoms. The number of halogens is 5. The van der Waals surface area contributed by atoms with Crippen molar-refractivity contribution in [1.29, 1.82) is 0 Å². The van der Waals surface area contributed by atoms with Gasteiger partial charge in [0, 0.05) is 17.4 Å². The first-order valence-electron chi connectivity index (χ1n) is 9.45. The van der Waals surface area contributed by atoms with Gasteiger partial charge in [0.2, 0.25) is 5.82 Å². The number of fused-ring (bicyclic) bond motifs is 1. The lowest BCUT2D eigenvalue weighted by Gasteiger charge is -2.32. The molecule has 2 aromatic rings. The van der Waals surface area contributed by atoms with Crippen LogP contribution in [-0.4, -0.2) is 28.9 Å². The van der Waals surface area contributed by atoms with Gasteiger partial charge in [-0.15, -0.1) is 0 Å². The number of hydrogen-bond donors (Lipinski definition) is 1. The maximum Gasteiger partial charge on any atom is 0.417 e. The molecule has 1 aromatic carbocycles. The molecule has 6 nitrogen and oxygen atoms in total. The van der Waals surface area contributed by atoms with E-state index in [1.165, 1.54) is 6.92 Å². The van der Waals surface area contributed by atoms with Gasteiger partial charge < -0.3 is 19.2 Å². The van der Waals surface area contributed by atoms with E-state index in [1.54, 1.807) is 0 Å². The predicted octanol–water partition coefficient (Wildman–Crippen LogP) is 3.90. The summed E-state index contributed by atoms with van der Waals surface area (Å²) in [6.07, 6.45) is -6.19. The Hall–Kier alpha value is -2.53. The van der Waals surface area contributed by atoms with Gasteiger partial charge in [-0.3, -0.25) is 4.79 Å². The van der Waals surface area contributed by atoms with E-state index >= 15 is 0 Å². The average Bonchev–Trinajstić information content (AvgIpc) is 3.28. The highest BCUT2D eigenvalue weighted by atomic mass is 19.4. The van der Waals surface area contributed by atoms with Crippen LogP contribution in [0.25, 0.3) is 0 Å². The Morgan fingerprint density at radius 2 is 1.97 bits per heavy atom. The lowest BCUT2D eigenvalue weighted by molar-refractivity contribution is -0.275. The summed E-state index contributed by atoms with van der Waals surface area (Å²) in [6.45, 7) is 2.25. The zero-order valence-electron chi connectivity index (χ0n) is 16.8. The number of alkyl halides is 3. The number of ether oxygens (including phenoxy) is 3. The van der Waals surface area contributed by atoms with E-state index in [-0.39, 0.29) is 30.2 Å². The van der Waals surface area contributed by atoms with Crippen LogP contribution in [0.15, 0.2) is 16.9 Å². The molecule has 0 amide bonds. The van der Waals surface area contributed by atoms with Gasteiger partial charge in [0.05, 0.1) is 31.6 Å². The molecule has 0 spiro atoms. The summed E-state index contributed by atoms with van der Waals surface area (Å²) in [5, 5.41) is 0. The van der Waals surface area contributed by atoms with Crippen molar-refractivity contribution < 1.29 is 36.2 Å². The normalized spacial score (nSPS) is 28.1. The lowest BCUT2D eigenvalue weighted by Crippen LogP contribution is -2.46. The Balaban J connectivity index is 1.92. The fourth-order valence-electron chi connectivity index (χ4n) is 4.27. The van der Waals surface area contributed by atoms with E-state index in [2.05, 4.69) is 9.97 Å². The highest BCUT2D eigenvalue weighted by Crippen LogP contribution is 2.59. The Morgan fingerprint density at radius 3 is 2.61 bits per heavy atom. The molecule has 11 heteroatoms. The Bertz CT molecular complexity index is 1090. The number of hydrogen-bond acceptors (Lipinski definition) is 5. The summed E-state index contributed by atoms with van der Waals surface area (Å²) in [5.74, 6) is -5.61. The number of benzene rings is 1. The highest BCUT2D eigenvalue weighted by Gasteiger charge is 2.65. The van der Waals surface area contributed by atoms with E-state index in [9.17, 15) is 26.7 Å². The fourth-order valence-corrected chi connectivity index (χ4v) is 4.27. The second-order valence-electron chi connectivity index (χ2n) is 7.81. The summed E-state index contributed by atoms with van der Waals surface area (Å²) in [5.41, 5.74) is -2.63. The molecular weight excluding hydrogens is 427 g/mol. The van der Waals surface area contributed by atoms with Gasteiger partial charge in [0.25, 0.3) is 5.56 Å². The first kappa shape index (κ1) is 21.7. The van der Waals surface area contributed by atoms with Gasteiger partial charge in [0.1, 0.15) is 11.9 Å². The summed E-state index contributed by atoms with van der Waals surface area (Å²) in [7, 11) is 1.09. The molecule has 2 aliphatic heterocycles. The molecule has 4 atom stereocenters. The minimum absolute atomic E-state index is 0.0220. The molecule has 0 unspecified atom stereocenters. The van der Waals surface area contributed by atoms with Gasteiger partial charge in [-0.05, 0) is 13.0 Å². The zero-order chi connectivity index (χ0) is 22.7. The second-order valence-corrected chi connectivity index (χ2v) is 7.81. The zero-order valence-corrected chi connectivity index (χ0v) is 16.8. The van der Waals surface area contributed by atoms with Crippen molar-refractivity contribution in [3.8, 4) is 5.75 Å². The van der Waals surface area contributed by atoms with Gasteiger partial charge in [0.15, 0.2) is 17.2 Å². The van der Waals surface area contributed by atoms with Gasteiger partial charge in [-0.2, -0.15) is 17.6 Å². The van der Waals surface area contributed by atoms with Crippen molar-refractivity contribution >= 4 is 0 Å². The predicted molar refractivity (Wildman–Crippen MR) is 96.5 cm³/mol. The maximum absolute atomic E-state index is 14.4. The first-order chi connectivity index (χ1) is 14.5. The van der Waals surface area contributed by atoms with Crippen molar-refractivity contribution in [3.63, 3.8) is 0 Å². The third-order valence-electron chi connectivity index (χ3n) is 6.19. The number of aromatic amines is 1. The second kappa shape index (κ2) is 7.27. The Labute approximate surface area is 173 Å². The molecule has 0 aliphatic carbocycles. The molecule has 2 aliphatic rings. The van der Waals surface area contributed by atoms with Gasteiger partial charge in [-0.25, -0.2) is 9.37 Å². The largest absolute Gasteiger partial charge is 0.493 e. The number of rotatable bonds is 3. The van der Waals surface area contributed by atoms with E-state index in [0.29, 0.717) is 5.69 Å². The molecule has 1 fully saturated rings. The number of methoxy groups -OCH3 is 1. The molecule has 168 valence electrons. The van der Waals surface area contributed by atoms with Crippen LogP contribution in [-0.2, 0) is 22.7 Å². The lowest BCUT2D eigenvalue weighted by atomic mass is 9.77. The topological polar surface area (TPSA) is 73.4 Å². The standard InChI is InChI=1S/C20H19F5N2O4/c1-8-13(9-4-5-11(21)14(22)15(9)29-3)16(31-19(8,2)20(23,24)25)17-26-12-7-30-6-10(12)18(28)27-17/h4-5,8,13,16H,6-7H2,1-3H3,(H,26,27,28)/t8-,13-,16+,19+/m0/s1. The van der Waals surface area contributed by atoms with Crippen LogP contribution in [0.3, 0.4) is 0 Å². The van der Waals surface area contributed by atoms with Gasteiger partial charge in [-0.1, -0.05) is 13.0 Å². The quantitative estimate of drug-likeness (QED) is 0.725. The van der Waals surface area contributed by atoms with Crippen molar-refractivity contribution in [1.82, 2.24) is 9.97 Å². The van der Waals surface area contributed by atoms with Crippen LogP contribution >= 0.6 is 0 Å². The molecule has 0 saturated carbocycles. The number of aromatic nitrogens is 2. The molecular formula is C20H19F5N2O4. The molecule has 1 saturated heterocycles. The van der Waals surface area contributed by atoms with Crippen molar-refractivity contribution in [2.24, 2.45) is 5.92 Å². The molecule has 1 aromatic heterocycles. The minimum atomic E-state index is -4.79. The molecule has 1 N–H and O–H groups in total. The van der Waals surface area contributed by atoms with Crippen LogP contribution in [0, 0.1) is 17.6 Å². The summed E-state index contributed by atoms with van der Waals surface area (Å²) < 4.78 is 85.8. The van der Waals surface area contributed by atoms with E-state index in [0.717, 1.165) is 26.2 Å². The SMILES string of the molecule is COc1c([C@H]2[C@H](c3nc4c(c(=O)[nH]3)COC4)O[C@@](C)(C(F)(F)F)[C@H]2C)ccc(F)c1F. The van der Waals surface area contributed by atoms with E-state index in [4.69, 9.17) is 14.2 Å². The first-order valence-corrected chi connectivity index (χ1v) is 9.45. The third kappa shape index (κ3) is 3.21. The molecule has 3 heterocycles. The summed E-state index contributed by atoms with van der Waals surface area (Å²) in [6, 6.07) is 1.97. The van der Waals surface area contributed by atoms with E-state index in [1.807, 2.05) is 0 Å². The smallest absolute Gasteiger partial charge is 0.417 e. The monoisotopic (exact) mass is 446 g/mol.